The molecule has 3 rings (SSSR count). The number of aromatic nitrogens is 1. The topological polar surface area (TPSA) is 86.8 Å². The van der Waals surface area contributed by atoms with Gasteiger partial charge >= 0.3 is 12.1 Å². The molecule has 0 bridgehead atoms. The zero-order chi connectivity index (χ0) is 21.2. The molecule has 0 saturated heterocycles. The Hall–Kier alpha value is -2.80. The minimum Gasteiger partial charge on any atom is -0.486 e. The Morgan fingerprint density at radius 2 is 2.03 bits per heavy atom. The van der Waals surface area contributed by atoms with Gasteiger partial charge in [-0.1, -0.05) is 17.7 Å². The van der Waals surface area contributed by atoms with E-state index in [0.717, 1.165) is 16.7 Å². The van der Waals surface area contributed by atoms with Crippen LogP contribution in [0, 0.1) is 0 Å². The molecule has 1 aromatic carbocycles. The van der Waals surface area contributed by atoms with Crippen LogP contribution in [-0.2, 0) is 15.9 Å². The zero-order valence-electron chi connectivity index (χ0n) is 16.7. The fourth-order valence-corrected chi connectivity index (χ4v) is 3.25. The molecular formula is C21H23ClN2O5. The number of alkyl carbamates (subject to hydrolysis) is 1. The van der Waals surface area contributed by atoms with Crippen molar-refractivity contribution in [1.29, 1.82) is 0 Å². The fourth-order valence-electron chi connectivity index (χ4n) is 2.97. The van der Waals surface area contributed by atoms with E-state index in [-0.39, 0.29) is 11.8 Å². The Kier molecular flexibility index (Phi) is 5.98. The van der Waals surface area contributed by atoms with Crippen LogP contribution < -0.4 is 10.1 Å². The number of pyridine rings is 1. The fraction of sp³-hybridized carbons (Fsp3) is 0.381. The molecule has 29 heavy (non-hydrogen) atoms. The number of amides is 1. The number of fused-ring (bicyclic) bond motifs is 1. The number of hydrogen-bond acceptors (Lipinski definition) is 6. The van der Waals surface area contributed by atoms with Crippen LogP contribution in [0.4, 0.5) is 4.79 Å². The van der Waals surface area contributed by atoms with Gasteiger partial charge in [-0.15, -0.1) is 0 Å². The van der Waals surface area contributed by atoms with Gasteiger partial charge < -0.3 is 19.5 Å². The summed E-state index contributed by atoms with van der Waals surface area (Å²) in [5, 5.41) is 3.20. The molecule has 1 unspecified atom stereocenters. The number of carbonyl (C=O) groups excluding carboxylic acids is 2. The van der Waals surface area contributed by atoms with Crippen LogP contribution in [0.15, 0.2) is 30.5 Å². The zero-order valence-corrected chi connectivity index (χ0v) is 17.5. The van der Waals surface area contributed by atoms with E-state index >= 15 is 0 Å². The van der Waals surface area contributed by atoms with Gasteiger partial charge in [-0.3, -0.25) is 0 Å². The van der Waals surface area contributed by atoms with E-state index in [1.54, 1.807) is 24.4 Å². The van der Waals surface area contributed by atoms with Crippen molar-refractivity contribution in [2.24, 2.45) is 0 Å². The van der Waals surface area contributed by atoms with Crippen molar-refractivity contribution < 1.29 is 23.8 Å². The largest absolute Gasteiger partial charge is 0.486 e. The monoisotopic (exact) mass is 418 g/mol. The molecule has 2 heterocycles. The molecule has 0 saturated carbocycles. The Labute approximate surface area is 174 Å². The van der Waals surface area contributed by atoms with Crippen LogP contribution >= 0.6 is 11.6 Å². The highest BCUT2D eigenvalue weighted by atomic mass is 35.5. The highest BCUT2D eigenvalue weighted by molar-refractivity contribution is 6.32. The normalized spacial score (nSPS) is 15.3. The SMILES string of the molecule is COC(=O)c1ccc(-c2cc(Cl)c3c(c2)CC(CNC(=O)OC(C)(C)C)O3)cn1. The number of esters is 1. The number of methoxy groups -OCH3 is 1. The number of rotatable bonds is 4. The molecule has 0 aliphatic carbocycles. The Balaban J connectivity index is 1.69. The summed E-state index contributed by atoms with van der Waals surface area (Å²) in [6, 6.07) is 7.16. The third-order valence-electron chi connectivity index (χ3n) is 4.22. The second kappa shape index (κ2) is 8.29. The highest BCUT2D eigenvalue weighted by Crippen LogP contribution is 2.39. The number of hydrogen-bond donors (Lipinski definition) is 1. The first-order valence-corrected chi connectivity index (χ1v) is 9.55. The molecule has 1 aliphatic heterocycles. The lowest BCUT2D eigenvalue weighted by Crippen LogP contribution is -2.38. The highest BCUT2D eigenvalue weighted by Gasteiger charge is 2.27. The standard InChI is InChI=1S/C21H23ClN2O5/c1-21(2,3)29-20(26)24-11-15-8-14-7-13(9-16(22)18(14)28-15)12-5-6-17(23-10-12)19(25)27-4/h5-7,9-10,15H,8,11H2,1-4H3,(H,24,26). The van der Waals surface area contributed by atoms with Gasteiger partial charge in [0, 0.05) is 23.7 Å². The molecule has 0 radical (unpaired) electrons. The third-order valence-corrected chi connectivity index (χ3v) is 4.50. The van der Waals surface area contributed by atoms with Gasteiger partial charge in [0.25, 0.3) is 0 Å². The number of ether oxygens (including phenoxy) is 3. The molecule has 1 amide bonds. The molecule has 154 valence electrons. The third kappa shape index (κ3) is 5.17. The average Bonchev–Trinajstić information content (AvgIpc) is 3.08. The van der Waals surface area contributed by atoms with E-state index in [1.807, 2.05) is 26.8 Å². The second-order valence-corrected chi connectivity index (χ2v) is 8.10. The molecule has 2 aromatic rings. The summed E-state index contributed by atoms with van der Waals surface area (Å²) in [6.07, 6.45) is 1.49. The molecule has 1 aliphatic rings. The first-order valence-electron chi connectivity index (χ1n) is 9.17. The van der Waals surface area contributed by atoms with Gasteiger partial charge in [-0.25, -0.2) is 14.6 Å². The Morgan fingerprint density at radius 3 is 2.66 bits per heavy atom. The summed E-state index contributed by atoms with van der Waals surface area (Å²) in [5.74, 6) is 0.128. The van der Waals surface area contributed by atoms with Crippen LogP contribution in [0.3, 0.4) is 0 Å². The smallest absolute Gasteiger partial charge is 0.407 e. The van der Waals surface area contributed by atoms with Gasteiger partial charge in [0.2, 0.25) is 0 Å². The average molecular weight is 419 g/mol. The number of nitrogens with one attached hydrogen (secondary N) is 1. The van der Waals surface area contributed by atoms with Crippen molar-refractivity contribution in [3.63, 3.8) is 0 Å². The maximum atomic E-state index is 11.8. The van der Waals surface area contributed by atoms with E-state index in [1.165, 1.54) is 7.11 Å². The van der Waals surface area contributed by atoms with Crippen molar-refractivity contribution in [3.05, 3.63) is 46.7 Å². The molecule has 8 heteroatoms. The van der Waals surface area contributed by atoms with Crippen LogP contribution in [0.25, 0.3) is 11.1 Å². The van der Waals surface area contributed by atoms with Gasteiger partial charge in [-0.2, -0.15) is 0 Å². The lowest BCUT2D eigenvalue weighted by molar-refractivity contribution is 0.0505. The van der Waals surface area contributed by atoms with Crippen molar-refractivity contribution in [3.8, 4) is 16.9 Å². The lowest BCUT2D eigenvalue weighted by atomic mass is 10.0. The van der Waals surface area contributed by atoms with Gasteiger partial charge in [-0.05, 0) is 44.5 Å². The summed E-state index contributed by atoms with van der Waals surface area (Å²) in [5.41, 5.74) is 2.31. The van der Waals surface area contributed by atoms with Crippen LogP contribution in [0.1, 0.15) is 36.8 Å². The molecule has 0 spiro atoms. The van der Waals surface area contributed by atoms with Gasteiger partial charge in [0.05, 0.1) is 18.7 Å². The maximum Gasteiger partial charge on any atom is 0.407 e. The first-order chi connectivity index (χ1) is 13.7. The summed E-state index contributed by atoms with van der Waals surface area (Å²) >= 11 is 6.41. The van der Waals surface area contributed by atoms with E-state index in [2.05, 4.69) is 15.0 Å². The van der Waals surface area contributed by atoms with Crippen molar-refractivity contribution >= 4 is 23.7 Å². The minimum absolute atomic E-state index is 0.231. The van der Waals surface area contributed by atoms with Crippen molar-refractivity contribution in [2.75, 3.05) is 13.7 Å². The molecule has 7 nitrogen and oxygen atoms in total. The predicted molar refractivity (Wildman–Crippen MR) is 108 cm³/mol. The van der Waals surface area contributed by atoms with E-state index < -0.39 is 17.7 Å². The number of halogens is 1. The number of carbonyl (C=O) groups is 2. The molecule has 1 N–H and O–H groups in total. The second-order valence-electron chi connectivity index (χ2n) is 7.70. The summed E-state index contributed by atoms with van der Waals surface area (Å²) in [4.78, 5) is 27.5. The summed E-state index contributed by atoms with van der Waals surface area (Å²) in [7, 11) is 1.31. The molecule has 0 fully saturated rings. The van der Waals surface area contributed by atoms with Gasteiger partial charge in [0.1, 0.15) is 23.1 Å². The Bertz CT molecular complexity index is 922. The van der Waals surface area contributed by atoms with Crippen LogP contribution in [-0.4, -0.2) is 42.4 Å². The lowest BCUT2D eigenvalue weighted by Gasteiger charge is -2.20. The quantitative estimate of drug-likeness (QED) is 0.754. The van der Waals surface area contributed by atoms with E-state index in [4.69, 9.17) is 21.1 Å². The number of benzene rings is 1. The molecule has 1 aromatic heterocycles. The summed E-state index contributed by atoms with van der Waals surface area (Å²) in [6.45, 7) is 5.73. The van der Waals surface area contributed by atoms with Gasteiger partial charge in [0.15, 0.2) is 0 Å². The molecular weight excluding hydrogens is 396 g/mol. The van der Waals surface area contributed by atoms with E-state index in [0.29, 0.717) is 23.7 Å². The number of nitrogens with zero attached hydrogens (tertiary/aromatic N) is 1. The minimum atomic E-state index is -0.556. The van der Waals surface area contributed by atoms with Crippen molar-refractivity contribution in [1.82, 2.24) is 10.3 Å². The van der Waals surface area contributed by atoms with Crippen LogP contribution in [0.5, 0.6) is 5.75 Å². The van der Waals surface area contributed by atoms with Crippen LogP contribution in [0.2, 0.25) is 5.02 Å². The maximum absolute atomic E-state index is 11.8. The first kappa shape index (κ1) is 20.9. The molecule has 1 atom stereocenters. The van der Waals surface area contributed by atoms with Crippen molar-refractivity contribution in [2.45, 2.75) is 38.9 Å². The van der Waals surface area contributed by atoms with E-state index in [9.17, 15) is 9.59 Å². The Morgan fingerprint density at radius 1 is 1.28 bits per heavy atom. The predicted octanol–water partition coefficient (Wildman–Crippen LogP) is 4.02. The summed E-state index contributed by atoms with van der Waals surface area (Å²) < 4.78 is 15.8.